The summed E-state index contributed by atoms with van der Waals surface area (Å²) in [6.07, 6.45) is 6.41. The molecule has 41 heavy (non-hydrogen) atoms. The Labute approximate surface area is 260 Å². The Kier molecular flexibility index (Phi) is 12.0. The van der Waals surface area contributed by atoms with Crippen LogP contribution in [0.2, 0.25) is 0 Å². The van der Waals surface area contributed by atoms with Crippen LogP contribution in [0.3, 0.4) is 0 Å². The number of rotatable bonds is 8. The molecule has 0 bridgehead atoms. The Morgan fingerprint density at radius 1 is 0.829 bits per heavy atom. The number of benzene rings is 3. The number of nitrogens with zero attached hydrogens (tertiary/aromatic N) is 2. The van der Waals surface area contributed by atoms with Crippen molar-refractivity contribution < 1.29 is 30.0 Å². The van der Waals surface area contributed by atoms with Gasteiger partial charge >= 0.3 is 0 Å². The molecule has 4 rings (SSSR count). The molecule has 1 N–H and O–H groups in total. The van der Waals surface area contributed by atoms with Crippen molar-refractivity contribution in [1.82, 2.24) is 9.97 Å². The van der Waals surface area contributed by atoms with Crippen molar-refractivity contribution in [2.24, 2.45) is 10.8 Å². The average molecular weight is 730 g/mol. The van der Waals surface area contributed by atoms with E-state index in [1.54, 1.807) is 6.33 Å². The van der Waals surface area contributed by atoms with Crippen molar-refractivity contribution >= 4 is 27.5 Å². The van der Waals surface area contributed by atoms with Crippen LogP contribution in [0.4, 0.5) is 0 Å². The quantitative estimate of drug-likeness (QED) is 0.0849. The average Bonchev–Trinajstić information content (AvgIpc) is 2.95. The number of carbonyl (C=O) groups is 1. The zero-order valence-corrected chi connectivity index (χ0v) is 28.5. The molecule has 1 radical (unpaired) electrons. The number of aliphatic hydroxyl groups excluding tert-OH is 1. The van der Waals surface area contributed by atoms with Crippen LogP contribution in [0.15, 0.2) is 60.6 Å². The molecule has 1 aromatic heterocycles. The first kappa shape index (κ1) is 34.3. The van der Waals surface area contributed by atoms with E-state index in [9.17, 15) is 9.90 Å². The van der Waals surface area contributed by atoms with Crippen LogP contribution in [0, 0.1) is 37.7 Å². The van der Waals surface area contributed by atoms with Crippen molar-refractivity contribution in [3.63, 3.8) is 0 Å². The fourth-order valence-corrected chi connectivity index (χ4v) is 4.88. The first-order valence-electron chi connectivity index (χ1n) is 14.5. The van der Waals surface area contributed by atoms with E-state index >= 15 is 0 Å². The van der Waals surface area contributed by atoms with Crippen molar-refractivity contribution in [3.05, 3.63) is 83.4 Å². The van der Waals surface area contributed by atoms with Gasteiger partial charge in [0, 0.05) is 42.4 Å². The van der Waals surface area contributed by atoms with E-state index < -0.39 is 0 Å². The molecule has 0 aliphatic carbocycles. The summed E-state index contributed by atoms with van der Waals surface area (Å²) in [6, 6.07) is 18.4. The predicted molar refractivity (Wildman–Crippen MR) is 169 cm³/mol. The number of ketones is 1. The number of hydrogen-bond acceptors (Lipinski definition) is 4. The maximum Gasteiger partial charge on any atom is 0.164 e. The molecule has 221 valence electrons. The summed E-state index contributed by atoms with van der Waals surface area (Å²) in [5.41, 5.74) is 5.97. The summed E-state index contributed by atoms with van der Waals surface area (Å²) in [7, 11) is 0. The number of aromatic nitrogens is 2. The molecule has 0 atom stereocenters. The minimum atomic E-state index is -0.337. The fraction of sp³-hybridized carbons (Fsp3) is 0.417. The van der Waals surface area contributed by atoms with Gasteiger partial charge in [0.05, 0.1) is 5.52 Å². The standard InChI is InChI=1S/C21H17N2.C15H28O2.Ir/c1-13-4-5-16-6-7-18-20(17-9-14(2)8-15(3)10-17)22-12-23-21(18)19(16)11-13;1-7-14(5,8-2)12(16)11-13(17)15(6,9-3)10-4;/h4-9,11-12H,1-3H3;11,16H,7-10H2,1-6H3;/q-1;;/b;12-11-;. The van der Waals surface area contributed by atoms with E-state index in [1.807, 2.05) is 41.5 Å². The van der Waals surface area contributed by atoms with Gasteiger partial charge < -0.3 is 5.11 Å². The van der Waals surface area contributed by atoms with Crippen LogP contribution in [0.1, 0.15) is 83.9 Å². The predicted octanol–water partition coefficient (Wildman–Crippen LogP) is 9.82. The SMILES string of the molecule is CCC(C)(CC)C(=O)/C=C(\O)C(C)(CC)CC.Cc1[c-]c(-c2ncnc3c2ccc2ccc(C)cc23)cc(C)c1.[Ir]. The largest absolute Gasteiger partial charge is 0.512 e. The van der Waals surface area contributed by atoms with Crippen LogP contribution in [0.5, 0.6) is 0 Å². The summed E-state index contributed by atoms with van der Waals surface area (Å²) >= 11 is 0. The van der Waals surface area contributed by atoms with E-state index in [-0.39, 0.29) is 42.5 Å². The third kappa shape index (κ3) is 7.70. The van der Waals surface area contributed by atoms with Gasteiger partial charge in [0.1, 0.15) is 12.1 Å². The Morgan fingerprint density at radius 2 is 1.44 bits per heavy atom. The number of allylic oxidation sites excluding steroid dienone is 2. The maximum atomic E-state index is 12.2. The second-order valence-electron chi connectivity index (χ2n) is 11.6. The van der Waals surface area contributed by atoms with Gasteiger partial charge in [-0.2, -0.15) is 0 Å². The van der Waals surface area contributed by atoms with Gasteiger partial charge in [-0.3, -0.25) is 9.78 Å². The summed E-state index contributed by atoms with van der Waals surface area (Å²) in [5, 5.41) is 13.6. The van der Waals surface area contributed by atoms with Crippen LogP contribution in [-0.2, 0) is 24.9 Å². The number of aryl methyl sites for hydroxylation is 3. The minimum absolute atomic E-state index is 0. The van der Waals surface area contributed by atoms with E-state index in [0.717, 1.165) is 53.4 Å². The molecule has 0 saturated carbocycles. The van der Waals surface area contributed by atoms with Crippen molar-refractivity contribution in [3.8, 4) is 11.3 Å². The fourth-order valence-electron chi connectivity index (χ4n) is 4.88. The third-order valence-corrected chi connectivity index (χ3v) is 8.78. The summed E-state index contributed by atoms with van der Waals surface area (Å²) < 4.78 is 0. The summed E-state index contributed by atoms with van der Waals surface area (Å²) in [4.78, 5) is 21.3. The molecular weight excluding hydrogens is 685 g/mol. The minimum Gasteiger partial charge on any atom is -0.512 e. The molecule has 4 nitrogen and oxygen atoms in total. The Morgan fingerprint density at radius 3 is 2.02 bits per heavy atom. The second kappa shape index (κ2) is 14.3. The molecule has 0 fully saturated rings. The first-order chi connectivity index (χ1) is 18.9. The van der Waals surface area contributed by atoms with Gasteiger partial charge in [-0.05, 0) is 55.1 Å². The van der Waals surface area contributed by atoms with Crippen molar-refractivity contribution in [2.75, 3.05) is 0 Å². The Hall–Kier alpha value is -2.88. The Balaban J connectivity index is 0.000000296. The van der Waals surface area contributed by atoms with Gasteiger partial charge in [0.25, 0.3) is 0 Å². The summed E-state index contributed by atoms with van der Waals surface area (Å²) in [6.45, 7) is 18.4. The first-order valence-corrected chi connectivity index (χ1v) is 14.5. The molecule has 0 aliphatic heterocycles. The molecule has 0 saturated heterocycles. The molecule has 0 spiro atoms. The van der Waals surface area contributed by atoms with E-state index in [4.69, 9.17) is 0 Å². The number of fused-ring (bicyclic) bond motifs is 3. The molecule has 0 amide bonds. The van der Waals surface area contributed by atoms with E-state index in [2.05, 4.69) is 79.3 Å². The topological polar surface area (TPSA) is 63.1 Å². The monoisotopic (exact) mass is 730 g/mol. The third-order valence-electron chi connectivity index (χ3n) is 8.78. The van der Waals surface area contributed by atoms with Crippen LogP contribution in [0.25, 0.3) is 32.9 Å². The number of hydrogen-bond donors (Lipinski definition) is 1. The molecular formula is C36H45IrN2O2-. The Bertz CT molecular complexity index is 1510. The zero-order valence-electron chi connectivity index (χ0n) is 26.1. The van der Waals surface area contributed by atoms with Gasteiger partial charge in [0.15, 0.2) is 5.78 Å². The van der Waals surface area contributed by atoms with E-state index in [1.165, 1.54) is 28.0 Å². The van der Waals surface area contributed by atoms with Crippen molar-refractivity contribution in [1.29, 1.82) is 0 Å². The second-order valence-corrected chi connectivity index (χ2v) is 11.6. The van der Waals surface area contributed by atoms with Crippen LogP contribution >= 0.6 is 0 Å². The molecule has 5 heteroatoms. The van der Waals surface area contributed by atoms with E-state index in [0.29, 0.717) is 0 Å². The maximum absolute atomic E-state index is 12.2. The number of aliphatic hydroxyl groups is 1. The van der Waals surface area contributed by atoms with Gasteiger partial charge in [0.2, 0.25) is 0 Å². The van der Waals surface area contributed by atoms with Gasteiger partial charge in [-0.15, -0.1) is 34.9 Å². The molecule has 0 aliphatic rings. The molecule has 4 aromatic rings. The van der Waals surface area contributed by atoms with Crippen molar-refractivity contribution in [2.45, 2.75) is 88.0 Å². The van der Waals surface area contributed by atoms with Gasteiger partial charge in [-0.25, -0.2) is 4.98 Å². The number of carbonyl (C=O) groups excluding carboxylic acids is 1. The normalized spacial score (nSPS) is 12.1. The molecule has 1 heterocycles. The smallest absolute Gasteiger partial charge is 0.164 e. The zero-order chi connectivity index (χ0) is 29.7. The van der Waals surface area contributed by atoms with Gasteiger partial charge in [-0.1, -0.05) is 85.2 Å². The van der Waals surface area contributed by atoms with Crippen LogP contribution in [-0.4, -0.2) is 20.9 Å². The van der Waals surface area contributed by atoms with Crippen LogP contribution < -0.4 is 0 Å². The molecule has 3 aromatic carbocycles. The summed E-state index contributed by atoms with van der Waals surface area (Å²) in [5.74, 6) is 0.286. The molecule has 0 unspecified atom stereocenters.